The van der Waals surface area contributed by atoms with Gasteiger partial charge in [0.15, 0.2) is 0 Å². The van der Waals surface area contributed by atoms with Crippen LogP contribution in [0.5, 0.6) is 5.75 Å². The number of hydrogen-bond acceptors (Lipinski definition) is 5. The normalized spacial score (nSPS) is 11.7. The van der Waals surface area contributed by atoms with Gasteiger partial charge in [-0.15, -0.1) is 0 Å². The van der Waals surface area contributed by atoms with Crippen LogP contribution in [0.1, 0.15) is 18.1 Å². The highest BCUT2D eigenvalue weighted by Crippen LogP contribution is 2.18. The van der Waals surface area contributed by atoms with Crippen LogP contribution in [0, 0.1) is 0 Å². The van der Waals surface area contributed by atoms with Gasteiger partial charge >= 0.3 is 0 Å². The number of hydrogen-bond donors (Lipinski definition) is 1. The molecular weight excluding hydrogens is 390 g/mol. The number of sulfonamides is 1. The number of ether oxygens (including phenoxy) is 1. The van der Waals surface area contributed by atoms with Gasteiger partial charge in [-0.2, -0.15) is 0 Å². The van der Waals surface area contributed by atoms with Crippen LogP contribution in [0.2, 0.25) is 0 Å². The Balaban J connectivity index is 1.92. The van der Waals surface area contributed by atoms with E-state index in [2.05, 4.69) is 5.32 Å². The van der Waals surface area contributed by atoms with E-state index in [0.717, 1.165) is 15.6 Å². The molecule has 8 heteroatoms. The zero-order chi connectivity index (χ0) is 21.4. The molecule has 0 saturated heterocycles. The molecule has 0 radical (unpaired) electrons. The maximum Gasteiger partial charge on any atom is 0.242 e. The van der Waals surface area contributed by atoms with Crippen LogP contribution in [-0.4, -0.2) is 57.8 Å². The summed E-state index contributed by atoms with van der Waals surface area (Å²) in [5.74, 6) is 0.651. The molecule has 0 bridgehead atoms. The first-order chi connectivity index (χ1) is 13.7. The smallest absolute Gasteiger partial charge is 0.242 e. The van der Waals surface area contributed by atoms with Crippen molar-refractivity contribution in [3.8, 4) is 5.75 Å². The Labute approximate surface area is 173 Å². The van der Waals surface area contributed by atoms with E-state index in [9.17, 15) is 13.2 Å². The summed E-state index contributed by atoms with van der Waals surface area (Å²) >= 11 is 0. The number of carbonyl (C=O) groups is 1. The van der Waals surface area contributed by atoms with Crippen LogP contribution in [0.25, 0.3) is 0 Å². The van der Waals surface area contributed by atoms with Crippen LogP contribution in [-0.2, 0) is 27.9 Å². The number of amides is 1. The van der Waals surface area contributed by atoms with Gasteiger partial charge in [0.2, 0.25) is 15.9 Å². The summed E-state index contributed by atoms with van der Waals surface area (Å²) in [5, 5.41) is 2.81. The molecule has 2 aromatic rings. The van der Waals surface area contributed by atoms with Crippen LogP contribution >= 0.6 is 0 Å². The maximum absolute atomic E-state index is 12.4. The molecule has 7 nitrogen and oxygen atoms in total. The predicted octanol–water partition coefficient (Wildman–Crippen LogP) is 2.08. The van der Waals surface area contributed by atoms with Gasteiger partial charge in [-0.1, -0.05) is 30.3 Å². The lowest BCUT2D eigenvalue weighted by atomic mass is 10.2. The molecule has 0 fully saturated rings. The number of rotatable bonds is 10. The summed E-state index contributed by atoms with van der Waals surface area (Å²) in [6.07, 6.45) is 0. The molecule has 0 heterocycles. The van der Waals surface area contributed by atoms with Crippen molar-refractivity contribution in [3.05, 3.63) is 59.7 Å². The molecule has 0 saturated carbocycles. The minimum Gasteiger partial charge on any atom is -0.494 e. The second-order valence-corrected chi connectivity index (χ2v) is 9.04. The zero-order valence-corrected chi connectivity index (χ0v) is 18.2. The molecule has 0 aliphatic carbocycles. The number of nitrogens with zero attached hydrogens (tertiary/aromatic N) is 2. The van der Waals surface area contributed by atoms with E-state index in [-0.39, 0.29) is 23.9 Å². The fourth-order valence-electron chi connectivity index (χ4n) is 2.82. The van der Waals surface area contributed by atoms with Crippen molar-refractivity contribution in [2.75, 3.05) is 34.3 Å². The Morgan fingerprint density at radius 3 is 2.31 bits per heavy atom. The van der Waals surface area contributed by atoms with Gasteiger partial charge < -0.3 is 10.1 Å². The summed E-state index contributed by atoms with van der Waals surface area (Å²) in [6.45, 7) is 3.53. The van der Waals surface area contributed by atoms with E-state index in [1.807, 2.05) is 43.1 Å². The molecule has 1 amide bonds. The Bertz CT molecular complexity index is 912. The van der Waals surface area contributed by atoms with Gasteiger partial charge in [-0.05, 0) is 43.3 Å². The fraction of sp³-hybridized carbons (Fsp3) is 0.381. The number of carbonyl (C=O) groups excluding carboxylic acids is 1. The molecule has 0 unspecified atom stereocenters. The van der Waals surface area contributed by atoms with E-state index >= 15 is 0 Å². The maximum atomic E-state index is 12.4. The van der Waals surface area contributed by atoms with Gasteiger partial charge in [-0.25, -0.2) is 12.7 Å². The van der Waals surface area contributed by atoms with Crippen LogP contribution in [0.4, 0.5) is 0 Å². The van der Waals surface area contributed by atoms with Gasteiger partial charge in [0, 0.05) is 27.2 Å². The van der Waals surface area contributed by atoms with Gasteiger partial charge in [0.1, 0.15) is 5.75 Å². The minimum atomic E-state index is -3.57. The Kier molecular flexibility index (Phi) is 8.19. The lowest BCUT2D eigenvalue weighted by molar-refractivity contribution is -0.122. The molecule has 0 aromatic heterocycles. The topological polar surface area (TPSA) is 79.0 Å². The minimum absolute atomic E-state index is 0.152. The van der Waals surface area contributed by atoms with E-state index in [0.29, 0.717) is 18.7 Å². The third-order valence-corrected chi connectivity index (χ3v) is 6.22. The highest BCUT2D eigenvalue weighted by atomic mass is 32.2. The monoisotopic (exact) mass is 419 g/mol. The molecule has 2 rings (SSSR count). The van der Waals surface area contributed by atoms with Crippen molar-refractivity contribution in [2.45, 2.75) is 24.9 Å². The number of likely N-dealkylation sites (N-methyl/N-ethyl adjacent to an activating group) is 1. The van der Waals surface area contributed by atoms with Crippen molar-refractivity contribution in [3.63, 3.8) is 0 Å². The Hall–Kier alpha value is -2.42. The third kappa shape index (κ3) is 6.56. The van der Waals surface area contributed by atoms with Crippen molar-refractivity contribution in [2.24, 2.45) is 0 Å². The number of nitrogens with one attached hydrogen (secondary N) is 1. The Morgan fingerprint density at radius 2 is 1.69 bits per heavy atom. The first kappa shape index (κ1) is 22.9. The molecular formula is C21H29N3O4S. The Morgan fingerprint density at radius 1 is 1.03 bits per heavy atom. The van der Waals surface area contributed by atoms with E-state index in [1.54, 1.807) is 24.3 Å². The molecule has 0 spiro atoms. The van der Waals surface area contributed by atoms with Gasteiger partial charge in [0.05, 0.1) is 18.0 Å². The SMILES string of the molecule is CCOc1ccc(CN(C)CC(=O)NCc2ccccc2S(=O)(=O)N(C)C)cc1. The molecule has 0 aliphatic heterocycles. The lowest BCUT2D eigenvalue weighted by Gasteiger charge is -2.18. The highest BCUT2D eigenvalue weighted by molar-refractivity contribution is 7.89. The van der Waals surface area contributed by atoms with Crippen LogP contribution in [0.3, 0.4) is 0 Å². The van der Waals surface area contributed by atoms with E-state index in [4.69, 9.17) is 4.74 Å². The van der Waals surface area contributed by atoms with Crippen molar-refractivity contribution < 1.29 is 17.9 Å². The largest absolute Gasteiger partial charge is 0.494 e. The molecule has 2 aromatic carbocycles. The number of benzene rings is 2. The fourth-order valence-corrected chi connectivity index (χ4v) is 3.93. The predicted molar refractivity (Wildman–Crippen MR) is 113 cm³/mol. The summed E-state index contributed by atoms with van der Waals surface area (Å²) < 4.78 is 31.5. The van der Waals surface area contributed by atoms with Gasteiger partial charge in [-0.3, -0.25) is 9.69 Å². The first-order valence-corrected chi connectivity index (χ1v) is 10.9. The van der Waals surface area contributed by atoms with Crippen molar-refractivity contribution >= 4 is 15.9 Å². The average Bonchev–Trinajstić information content (AvgIpc) is 2.68. The van der Waals surface area contributed by atoms with Crippen LogP contribution < -0.4 is 10.1 Å². The summed E-state index contributed by atoms with van der Waals surface area (Å²) in [5.41, 5.74) is 1.63. The first-order valence-electron chi connectivity index (χ1n) is 9.41. The summed E-state index contributed by atoms with van der Waals surface area (Å²) in [6, 6.07) is 14.5. The second kappa shape index (κ2) is 10.4. The zero-order valence-electron chi connectivity index (χ0n) is 17.4. The summed E-state index contributed by atoms with van der Waals surface area (Å²) in [4.78, 5) is 14.4. The van der Waals surface area contributed by atoms with E-state index < -0.39 is 10.0 Å². The highest BCUT2D eigenvalue weighted by Gasteiger charge is 2.20. The molecule has 158 valence electrons. The summed E-state index contributed by atoms with van der Waals surface area (Å²) in [7, 11) is 1.27. The standard InChI is InChI=1S/C21H29N3O4S/c1-5-28-19-12-10-17(11-13-19)15-24(4)16-21(25)22-14-18-8-6-7-9-20(18)29(26,27)23(2)3/h6-13H,5,14-16H2,1-4H3,(H,22,25). The molecule has 0 aliphatic rings. The van der Waals surface area contributed by atoms with Crippen molar-refractivity contribution in [1.82, 2.24) is 14.5 Å². The molecule has 0 atom stereocenters. The molecule has 1 N–H and O–H groups in total. The third-order valence-electron chi connectivity index (χ3n) is 4.31. The quantitative estimate of drug-likeness (QED) is 0.638. The van der Waals surface area contributed by atoms with Crippen molar-refractivity contribution in [1.29, 1.82) is 0 Å². The second-order valence-electron chi connectivity index (χ2n) is 6.92. The average molecular weight is 420 g/mol. The van der Waals surface area contributed by atoms with E-state index in [1.165, 1.54) is 14.1 Å². The van der Waals surface area contributed by atoms with Gasteiger partial charge in [0.25, 0.3) is 0 Å². The van der Waals surface area contributed by atoms with Crippen LogP contribution in [0.15, 0.2) is 53.4 Å². The molecule has 29 heavy (non-hydrogen) atoms. The lowest BCUT2D eigenvalue weighted by Crippen LogP contribution is -2.35.